The molecule has 0 spiro atoms. The minimum Gasteiger partial charge on any atom is -0.485 e. The number of fused-ring (bicyclic) bond motifs is 1. The van der Waals surface area contributed by atoms with Gasteiger partial charge in [-0.25, -0.2) is 0 Å². The van der Waals surface area contributed by atoms with E-state index in [0.29, 0.717) is 30.5 Å². The van der Waals surface area contributed by atoms with Gasteiger partial charge in [0.1, 0.15) is 12.4 Å². The van der Waals surface area contributed by atoms with E-state index < -0.39 is 6.10 Å². The number of halogens is 1. The van der Waals surface area contributed by atoms with Crippen LogP contribution in [0.4, 0.5) is 0 Å². The molecule has 0 bridgehead atoms. The van der Waals surface area contributed by atoms with Crippen LogP contribution < -0.4 is 14.8 Å². The second-order valence-electron chi connectivity index (χ2n) is 5.34. The van der Waals surface area contributed by atoms with Gasteiger partial charge in [-0.15, -0.1) is 12.4 Å². The third-order valence-electron chi connectivity index (χ3n) is 3.71. The van der Waals surface area contributed by atoms with Gasteiger partial charge in [-0.3, -0.25) is 9.79 Å². The first-order valence-corrected chi connectivity index (χ1v) is 8.06. The number of rotatable bonds is 6. The summed E-state index contributed by atoms with van der Waals surface area (Å²) in [6.07, 6.45) is -0.398. The lowest BCUT2D eigenvalue weighted by Crippen LogP contribution is -2.46. The van der Waals surface area contributed by atoms with Crippen LogP contribution in [0.2, 0.25) is 0 Å². The Balaban J connectivity index is 0.00000288. The highest BCUT2D eigenvalue weighted by atomic mass is 35.5. The number of benzene rings is 1. The van der Waals surface area contributed by atoms with Crippen molar-refractivity contribution in [1.29, 1.82) is 0 Å². The van der Waals surface area contributed by atoms with Crippen molar-refractivity contribution in [2.24, 2.45) is 4.99 Å². The second-order valence-corrected chi connectivity index (χ2v) is 5.34. The third kappa shape index (κ3) is 5.69. The van der Waals surface area contributed by atoms with Crippen molar-refractivity contribution in [3.63, 3.8) is 0 Å². The molecule has 0 aromatic heterocycles. The SMILES string of the molecule is CCN(CC)CCN=C(NC(C)=O)C1COc2ccccc2O1.Cl. The fourth-order valence-electron chi connectivity index (χ4n) is 2.41. The average Bonchev–Trinajstić information content (AvgIpc) is 2.57. The highest BCUT2D eigenvalue weighted by molar-refractivity contribution is 6.00. The first-order valence-electron chi connectivity index (χ1n) is 8.06. The average molecular weight is 356 g/mol. The van der Waals surface area contributed by atoms with E-state index >= 15 is 0 Å². The molecule has 1 aromatic carbocycles. The molecule has 1 amide bonds. The summed E-state index contributed by atoms with van der Waals surface area (Å²) in [5.41, 5.74) is 0. The van der Waals surface area contributed by atoms with E-state index in [9.17, 15) is 4.79 Å². The molecular formula is C17H26ClN3O3. The molecule has 1 heterocycles. The summed E-state index contributed by atoms with van der Waals surface area (Å²) in [6.45, 7) is 9.47. The normalized spacial score (nSPS) is 16.5. The number of aliphatic imine (C=N–C) groups is 1. The topological polar surface area (TPSA) is 63.2 Å². The number of carbonyl (C=O) groups excluding carboxylic acids is 1. The molecule has 1 aliphatic heterocycles. The van der Waals surface area contributed by atoms with E-state index in [1.165, 1.54) is 6.92 Å². The zero-order chi connectivity index (χ0) is 16.7. The molecule has 1 N–H and O–H groups in total. The Morgan fingerprint density at radius 1 is 1.29 bits per heavy atom. The van der Waals surface area contributed by atoms with Crippen LogP contribution >= 0.6 is 12.4 Å². The fraction of sp³-hybridized carbons (Fsp3) is 0.529. The molecular weight excluding hydrogens is 330 g/mol. The van der Waals surface area contributed by atoms with Crippen LogP contribution in [0.15, 0.2) is 29.3 Å². The maximum Gasteiger partial charge on any atom is 0.222 e. The number of carbonyl (C=O) groups is 1. The molecule has 0 fully saturated rings. The van der Waals surface area contributed by atoms with Gasteiger partial charge in [-0.2, -0.15) is 0 Å². The summed E-state index contributed by atoms with van der Waals surface area (Å²) in [5.74, 6) is 1.76. The number of nitrogens with zero attached hydrogens (tertiary/aromatic N) is 2. The zero-order valence-electron chi connectivity index (χ0n) is 14.4. The number of nitrogens with one attached hydrogen (secondary N) is 1. The first kappa shape index (κ1) is 20.3. The Labute approximate surface area is 149 Å². The molecule has 7 heteroatoms. The fourth-order valence-corrected chi connectivity index (χ4v) is 2.41. The van der Waals surface area contributed by atoms with Gasteiger partial charge in [0, 0.05) is 13.5 Å². The predicted octanol–water partition coefficient (Wildman–Crippen LogP) is 2.12. The van der Waals surface area contributed by atoms with Crippen molar-refractivity contribution in [3.8, 4) is 11.5 Å². The van der Waals surface area contributed by atoms with Gasteiger partial charge < -0.3 is 19.7 Å². The van der Waals surface area contributed by atoms with Gasteiger partial charge in [0.05, 0.1) is 6.54 Å². The van der Waals surface area contributed by atoms with Crippen molar-refractivity contribution >= 4 is 24.1 Å². The Bertz CT molecular complexity index is 562. The Morgan fingerprint density at radius 3 is 2.58 bits per heavy atom. The minimum atomic E-state index is -0.398. The monoisotopic (exact) mass is 355 g/mol. The predicted molar refractivity (Wildman–Crippen MR) is 97.5 cm³/mol. The molecule has 24 heavy (non-hydrogen) atoms. The zero-order valence-corrected chi connectivity index (χ0v) is 15.3. The number of ether oxygens (including phenoxy) is 2. The Kier molecular flexibility index (Phi) is 8.57. The summed E-state index contributed by atoms with van der Waals surface area (Å²) in [6, 6.07) is 7.50. The van der Waals surface area contributed by atoms with E-state index in [1.807, 2.05) is 24.3 Å². The molecule has 1 aliphatic rings. The second kappa shape index (κ2) is 10.2. The van der Waals surface area contributed by atoms with Crippen LogP contribution in [0, 0.1) is 0 Å². The lowest BCUT2D eigenvalue weighted by atomic mass is 10.2. The highest BCUT2D eigenvalue weighted by Crippen LogP contribution is 2.30. The summed E-state index contributed by atoms with van der Waals surface area (Å²) >= 11 is 0. The van der Waals surface area contributed by atoms with Crippen LogP contribution in [0.25, 0.3) is 0 Å². The van der Waals surface area contributed by atoms with Crippen molar-refractivity contribution in [2.75, 3.05) is 32.8 Å². The number of amidine groups is 1. The smallest absolute Gasteiger partial charge is 0.222 e. The molecule has 0 aliphatic carbocycles. The maximum atomic E-state index is 11.5. The molecule has 0 saturated heterocycles. The van der Waals surface area contributed by atoms with E-state index in [4.69, 9.17) is 9.47 Å². The molecule has 0 saturated carbocycles. The molecule has 2 rings (SSSR count). The third-order valence-corrected chi connectivity index (χ3v) is 3.71. The molecule has 0 radical (unpaired) electrons. The van der Waals surface area contributed by atoms with Crippen LogP contribution in [-0.2, 0) is 4.79 Å². The van der Waals surface area contributed by atoms with Crippen LogP contribution in [0.1, 0.15) is 20.8 Å². The van der Waals surface area contributed by atoms with Gasteiger partial charge in [-0.1, -0.05) is 26.0 Å². The molecule has 1 aromatic rings. The lowest BCUT2D eigenvalue weighted by Gasteiger charge is -2.27. The number of hydrogen-bond acceptors (Lipinski definition) is 5. The van der Waals surface area contributed by atoms with Gasteiger partial charge in [0.15, 0.2) is 17.6 Å². The largest absolute Gasteiger partial charge is 0.485 e. The quantitative estimate of drug-likeness (QED) is 0.627. The standard InChI is InChI=1S/C17H25N3O3.ClH/c1-4-20(5-2)11-10-18-17(19-13(3)21)16-12-22-14-8-6-7-9-15(14)23-16;/h6-9,16H,4-5,10-12H2,1-3H3,(H,18,19,21);1H. The molecule has 1 unspecified atom stereocenters. The summed E-state index contributed by atoms with van der Waals surface area (Å²) in [4.78, 5) is 18.3. The number of hydrogen-bond donors (Lipinski definition) is 1. The van der Waals surface area contributed by atoms with E-state index in [-0.39, 0.29) is 18.3 Å². The number of likely N-dealkylation sites (N-methyl/N-ethyl adjacent to an activating group) is 1. The summed E-state index contributed by atoms with van der Waals surface area (Å²) in [5, 5.41) is 2.78. The number of amides is 1. The van der Waals surface area contributed by atoms with Crippen molar-refractivity contribution in [2.45, 2.75) is 26.9 Å². The summed E-state index contributed by atoms with van der Waals surface area (Å²) < 4.78 is 11.6. The van der Waals surface area contributed by atoms with Crippen LogP contribution in [0.3, 0.4) is 0 Å². The summed E-state index contributed by atoms with van der Waals surface area (Å²) in [7, 11) is 0. The van der Waals surface area contributed by atoms with Gasteiger partial charge in [0.25, 0.3) is 0 Å². The number of para-hydroxylation sites is 2. The van der Waals surface area contributed by atoms with Crippen LogP contribution in [-0.4, -0.2) is 55.5 Å². The van der Waals surface area contributed by atoms with Gasteiger partial charge in [0.2, 0.25) is 5.91 Å². The van der Waals surface area contributed by atoms with Crippen molar-refractivity contribution in [1.82, 2.24) is 10.2 Å². The van der Waals surface area contributed by atoms with Gasteiger partial charge >= 0.3 is 0 Å². The molecule has 6 nitrogen and oxygen atoms in total. The first-order chi connectivity index (χ1) is 11.1. The van der Waals surface area contributed by atoms with E-state index in [0.717, 1.165) is 19.6 Å². The maximum absolute atomic E-state index is 11.5. The molecule has 134 valence electrons. The Morgan fingerprint density at radius 2 is 1.96 bits per heavy atom. The van der Waals surface area contributed by atoms with Crippen molar-refractivity contribution < 1.29 is 14.3 Å². The lowest BCUT2D eigenvalue weighted by molar-refractivity contribution is -0.117. The Hall–Kier alpha value is -1.79. The highest BCUT2D eigenvalue weighted by Gasteiger charge is 2.26. The van der Waals surface area contributed by atoms with Crippen molar-refractivity contribution in [3.05, 3.63) is 24.3 Å². The van der Waals surface area contributed by atoms with E-state index in [2.05, 4.69) is 29.1 Å². The molecule has 1 atom stereocenters. The van der Waals surface area contributed by atoms with E-state index in [1.54, 1.807) is 0 Å². The minimum absolute atomic E-state index is 0. The van der Waals surface area contributed by atoms with Gasteiger partial charge in [-0.05, 0) is 25.2 Å². The van der Waals surface area contributed by atoms with Crippen LogP contribution in [0.5, 0.6) is 11.5 Å².